The molecule has 12 rings (SSSR count). The first-order chi connectivity index (χ1) is 36.6. The maximum absolute atomic E-state index is 14.7. The van der Waals surface area contributed by atoms with Crippen LogP contribution in [0.4, 0.5) is 38.5 Å². The van der Waals surface area contributed by atoms with Crippen molar-refractivity contribution in [2.45, 2.75) is 77.8 Å². The zero-order valence-corrected chi connectivity index (χ0v) is 44.3. The first-order valence-corrected chi connectivity index (χ1v) is 26.2. The second kappa shape index (κ2) is 18.8. The zero-order chi connectivity index (χ0) is 52.6. The minimum atomic E-state index is -0.500. The van der Waals surface area contributed by atoms with Gasteiger partial charge in [-0.3, -0.25) is 0 Å². The Labute approximate surface area is 446 Å². The number of halogens is 1. The van der Waals surface area contributed by atoms with E-state index in [1.54, 1.807) is 0 Å². The van der Waals surface area contributed by atoms with Gasteiger partial charge in [-0.15, -0.1) is 0 Å². The Bertz CT molecular complexity index is 3490. The zero-order valence-electron chi connectivity index (χ0n) is 44.3. The van der Waals surface area contributed by atoms with E-state index in [1.165, 1.54) is 12.1 Å². The average molecular weight is 1000 g/mol. The van der Waals surface area contributed by atoms with Gasteiger partial charge in [0.05, 0.1) is 44.8 Å². The predicted molar refractivity (Wildman–Crippen MR) is 312 cm³/mol. The number of para-hydroxylation sites is 2. The summed E-state index contributed by atoms with van der Waals surface area (Å²) in [4.78, 5) is 4.68. The van der Waals surface area contributed by atoms with E-state index in [1.807, 2.05) is 12.1 Å². The minimum Gasteiger partial charge on any atom is -0.399 e. The number of benzene rings is 9. The van der Waals surface area contributed by atoms with Crippen molar-refractivity contribution in [3.8, 4) is 27.9 Å². The molecule has 2 fully saturated rings. The number of fused-ring (bicyclic) bond motifs is 3. The molecule has 0 atom stereocenters. The quantitative estimate of drug-likeness (QED) is 0.120. The van der Waals surface area contributed by atoms with Crippen LogP contribution in [0.15, 0.2) is 218 Å². The molecule has 0 radical (unpaired) electrons. The molecule has 0 aliphatic carbocycles. The van der Waals surface area contributed by atoms with E-state index in [0.717, 1.165) is 94.8 Å². The van der Waals surface area contributed by atoms with E-state index < -0.39 is 36.6 Å². The molecule has 7 nitrogen and oxygen atoms in total. The monoisotopic (exact) mass is 999 g/mol. The van der Waals surface area contributed by atoms with E-state index in [2.05, 4.69) is 264 Å². The molecule has 2 aliphatic rings. The number of anilines is 6. The molecular weight excluding hydrogens is 939 g/mol. The molecule has 2 aliphatic heterocycles. The highest BCUT2D eigenvalue weighted by molar-refractivity contribution is 6.62. The van der Waals surface area contributed by atoms with Crippen LogP contribution >= 0.6 is 0 Å². The van der Waals surface area contributed by atoms with Gasteiger partial charge in [-0.2, -0.15) is 0 Å². The first kappa shape index (κ1) is 49.2. The summed E-state index contributed by atoms with van der Waals surface area (Å²) in [5, 5.41) is 2.06. The number of rotatable bonds is 11. The number of aromatic nitrogens is 1. The highest BCUT2D eigenvalue weighted by Gasteiger charge is 2.52. The third-order valence-corrected chi connectivity index (χ3v) is 16.1. The van der Waals surface area contributed by atoms with E-state index in [0.29, 0.717) is 0 Å². The van der Waals surface area contributed by atoms with Crippen LogP contribution in [0.1, 0.15) is 55.4 Å². The highest BCUT2D eigenvalue weighted by atomic mass is 19.1. The van der Waals surface area contributed by atoms with Crippen LogP contribution in [-0.4, -0.2) is 41.2 Å². The molecular formula is C66H60B2FN3O4. The van der Waals surface area contributed by atoms with Gasteiger partial charge >= 0.3 is 14.2 Å². The van der Waals surface area contributed by atoms with Crippen LogP contribution in [0.3, 0.4) is 0 Å². The predicted octanol–water partition coefficient (Wildman–Crippen LogP) is 15.8. The molecule has 3 heterocycles. The van der Waals surface area contributed by atoms with E-state index in [4.69, 9.17) is 18.6 Å². The van der Waals surface area contributed by atoms with Crippen LogP contribution in [-0.2, 0) is 18.6 Å². The van der Waals surface area contributed by atoms with Gasteiger partial charge in [0.1, 0.15) is 5.82 Å². The van der Waals surface area contributed by atoms with Gasteiger partial charge < -0.3 is 33.0 Å². The smallest absolute Gasteiger partial charge is 0.399 e. The van der Waals surface area contributed by atoms with Crippen molar-refractivity contribution in [2.24, 2.45) is 0 Å². The molecule has 0 unspecified atom stereocenters. The lowest BCUT2D eigenvalue weighted by Crippen LogP contribution is -2.41. The molecule has 0 amide bonds. The second-order valence-electron chi connectivity index (χ2n) is 22.0. The third kappa shape index (κ3) is 8.69. The van der Waals surface area contributed by atoms with Crippen molar-refractivity contribution in [3.63, 3.8) is 0 Å². The first-order valence-electron chi connectivity index (χ1n) is 26.2. The van der Waals surface area contributed by atoms with Crippen molar-refractivity contribution >= 4 is 81.1 Å². The Hall–Kier alpha value is -7.72. The van der Waals surface area contributed by atoms with Gasteiger partial charge in [-0.1, -0.05) is 121 Å². The van der Waals surface area contributed by atoms with E-state index in [9.17, 15) is 4.39 Å². The summed E-state index contributed by atoms with van der Waals surface area (Å²) in [7, 11) is -1.00. The van der Waals surface area contributed by atoms with Gasteiger partial charge in [0.2, 0.25) is 0 Å². The number of hydrogen-bond acceptors (Lipinski definition) is 6. The lowest BCUT2D eigenvalue weighted by Gasteiger charge is -2.32. The molecule has 76 heavy (non-hydrogen) atoms. The summed E-state index contributed by atoms with van der Waals surface area (Å²) in [5.41, 5.74) is 13.1. The van der Waals surface area contributed by atoms with Crippen LogP contribution < -0.4 is 20.7 Å². The maximum atomic E-state index is 14.7. The van der Waals surface area contributed by atoms with Crippen molar-refractivity contribution < 1.29 is 23.0 Å². The second-order valence-corrected chi connectivity index (χ2v) is 22.0. The Balaban J connectivity index is 1.06. The summed E-state index contributed by atoms with van der Waals surface area (Å²) in [5.74, 6) is -0.288. The maximum Gasteiger partial charge on any atom is 0.494 e. The number of nitrogens with zero attached hydrogens (tertiary/aromatic N) is 3. The minimum absolute atomic E-state index is 0.288. The average Bonchev–Trinajstić information content (AvgIpc) is 3.97. The lowest BCUT2D eigenvalue weighted by atomic mass is 9.79. The van der Waals surface area contributed by atoms with E-state index >= 15 is 0 Å². The van der Waals surface area contributed by atoms with Crippen molar-refractivity contribution in [1.29, 1.82) is 0 Å². The lowest BCUT2D eigenvalue weighted by molar-refractivity contribution is 0.00578. The molecule has 0 bridgehead atoms. The summed E-state index contributed by atoms with van der Waals surface area (Å²) < 4.78 is 43.0. The Kier molecular flexibility index (Phi) is 12.2. The topological polar surface area (TPSA) is 48.3 Å². The summed E-state index contributed by atoms with van der Waals surface area (Å²) in [6.45, 7) is 16.6. The normalized spacial score (nSPS) is 16.4. The third-order valence-electron chi connectivity index (χ3n) is 16.1. The van der Waals surface area contributed by atoms with Crippen LogP contribution in [0, 0.1) is 5.82 Å². The van der Waals surface area contributed by atoms with E-state index in [-0.39, 0.29) is 5.82 Å². The molecule has 9 aromatic carbocycles. The van der Waals surface area contributed by atoms with Crippen LogP contribution in [0.5, 0.6) is 0 Å². The van der Waals surface area contributed by atoms with Gasteiger partial charge in [0, 0.05) is 50.3 Å². The number of hydrogen-bond donors (Lipinski definition) is 0. The summed E-state index contributed by atoms with van der Waals surface area (Å²) in [6, 6.07) is 75.4. The fourth-order valence-electron chi connectivity index (χ4n) is 10.6. The molecule has 10 heteroatoms. The van der Waals surface area contributed by atoms with Crippen molar-refractivity contribution in [1.82, 2.24) is 4.57 Å². The highest BCUT2D eigenvalue weighted by Crippen LogP contribution is 2.47. The molecule has 1 aromatic heterocycles. The molecule has 0 saturated carbocycles. The fourth-order valence-corrected chi connectivity index (χ4v) is 10.6. The molecule has 0 spiro atoms. The Morgan fingerprint density at radius 3 is 1.09 bits per heavy atom. The SMILES string of the molecule is CC1(C)OB(c2ccc(N(c3ccc4c(c3)c3cc(N(c5ccc(B6OC(C)(C)C(C)(C)O6)cc5)c5ccccc5-c5ccccc5)ccc3n4-c3ccc(F)cc3)c3ccccc3-c3ccccc3)cc2)OC1(C)C. The fraction of sp³-hybridized carbons (Fsp3) is 0.182. The molecule has 0 N–H and O–H groups in total. The Morgan fingerprint density at radius 1 is 0.368 bits per heavy atom. The van der Waals surface area contributed by atoms with Crippen LogP contribution in [0.2, 0.25) is 0 Å². The molecule has 376 valence electrons. The Morgan fingerprint density at radius 2 is 0.711 bits per heavy atom. The van der Waals surface area contributed by atoms with Crippen LogP contribution in [0.25, 0.3) is 49.7 Å². The summed E-state index contributed by atoms with van der Waals surface area (Å²) in [6.07, 6.45) is 0. The molecule has 10 aromatic rings. The van der Waals surface area contributed by atoms with Gasteiger partial charge in [-0.25, -0.2) is 4.39 Å². The summed E-state index contributed by atoms with van der Waals surface area (Å²) >= 11 is 0. The standard InChI is InChI=1S/C66H60B2FN3O4/c1-63(2)64(3,4)74-67(73-63)47-27-33-50(34-28-47)70(59-25-17-15-23-55(59)45-19-11-9-12-20-45)53-39-41-61-57(43-53)58-44-54(40-42-62(58)72(61)52-37-31-49(69)32-38-52)71(60-26-18-16-24-56(60)46-21-13-10-14-22-46)51-35-29-48(30-36-51)68-75-65(5,6)66(7,8)76-68/h9-44H,1-8H3. The largest absolute Gasteiger partial charge is 0.494 e. The van der Waals surface area contributed by atoms with Gasteiger partial charge in [0.25, 0.3) is 0 Å². The molecule has 2 saturated heterocycles. The van der Waals surface area contributed by atoms with Gasteiger partial charge in [0.15, 0.2) is 0 Å². The van der Waals surface area contributed by atoms with Crippen molar-refractivity contribution in [2.75, 3.05) is 9.80 Å². The van der Waals surface area contributed by atoms with Gasteiger partial charge in [-0.05, 0) is 175 Å². The van der Waals surface area contributed by atoms with Crippen molar-refractivity contribution in [3.05, 3.63) is 224 Å².